The van der Waals surface area contributed by atoms with Crippen molar-refractivity contribution in [2.45, 2.75) is 40.2 Å². The standard InChI is InChI=1S/C18H27N5O2S/c1-4-19-18-21-10-15(26-18)17(24)20-9-14-5-7-23(8-6-14)11-16-22-12(2)13(3)25-16/h10,14H,4-9,11H2,1-3H3,(H,19,21)(H,20,24). The van der Waals surface area contributed by atoms with Crippen LogP contribution in [-0.2, 0) is 6.54 Å². The molecule has 1 amide bonds. The topological polar surface area (TPSA) is 83.3 Å². The molecule has 7 nitrogen and oxygen atoms in total. The van der Waals surface area contributed by atoms with Gasteiger partial charge in [0.1, 0.15) is 10.6 Å². The number of carbonyl (C=O) groups excluding carboxylic acids is 1. The number of aromatic nitrogens is 2. The molecule has 0 aromatic carbocycles. The summed E-state index contributed by atoms with van der Waals surface area (Å²) in [6.45, 7) is 10.2. The quantitative estimate of drug-likeness (QED) is 0.772. The van der Waals surface area contributed by atoms with Crippen LogP contribution in [0.5, 0.6) is 0 Å². The normalized spacial score (nSPS) is 16.0. The zero-order valence-corrected chi connectivity index (χ0v) is 16.5. The summed E-state index contributed by atoms with van der Waals surface area (Å²) in [5.41, 5.74) is 0.970. The molecule has 8 heteroatoms. The van der Waals surface area contributed by atoms with Crippen molar-refractivity contribution in [1.29, 1.82) is 0 Å². The predicted molar refractivity (Wildman–Crippen MR) is 103 cm³/mol. The van der Waals surface area contributed by atoms with E-state index in [1.807, 2.05) is 20.8 Å². The minimum atomic E-state index is -0.0279. The SMILES string of the molecule is CCNc1ncc(C(=O)NCC2CCN(Cc3nc(C)c(C)o3)CC2)s1. The first-order valence-electron chi connectivity index (χ1n) is 9.18. The number of anilines is 1. The average Bonchev–Trinajstić information content (AvgIpc) is 3.21. The van der Waals surface area contributed by atoms with Crippen LogP contribution < -0.4 is 10.6 Å². The van der Waals surface area contributed by atoms with Crippen LogP contribution in [0.2, 0.25) is 0 Å². The third kappa shape index (κ3) is 4.82. The Kier molecular flexibility index (Phi) is 6.26. The number of thiazole rings is 1. The highest BCUT2D eigenvalue weighted by Gasteiger charge is 2.22. The fraction of sp³-hybridized carbons (Fsp3) is 0.611. The van der Waals surface area contributed by atoms with E-state index in [1.165, 1.54) is 11.3 Å². The smallest absolute Gasteiger partial charge is 0.263 e. The fourth-order valence-corrected chi connectivity index (χ4v) is 3.88. The first-order valence-corrected chi connectivity index (χ1v) is 10.00. The molecule has 0 aliphatic carbocycles. The molecule has 2 aromatic rings. The molecule has 3 heterocycles. The van der Waals surface area contributed by atoms with Gasteiger partial charge < -0.3 is 15.1 Å². The molecule has 1 aliphatic rings. The highest BCUT2D eigenvalue weighted by Crippen LogP contribution is 2.20. The van der Waals surface area contributed by atoms with Crippen molar-refractivity contribution in [3.63, 3.8) is 0 Å². The van der Waals surface area contributed by atoms with E-state index in [0.29, 0.717) is 10.8 Å². The molecule has 2 N–H and O–H groups in total. The van der Waals surface area contributed by atoms with E-state index in [-0.39, 0.29) is 5.91 Å². The van der Waals surface area contributed by atoms with Gasteiger partial charge in [0.15, 0.2) is 5.13 Å². The summed E-state index contributed by atoms with van der Waals surface area (Å²) in [6.07, 6.45) is 3.79. The Labute approximate surface area is 158 Å². The number of amides is 1. The monoisotopic (exact) mass is 377 g/mol. The van der Waals surface area contributed by atoms with E-state index in [0.717, 1.165) is 68.0 Å². The maximum absolute atomic E-state index is 12.2. The lowest BCUT2D eigenvalue weighted by molar-refractivity contribution is 0.0937. The van der Waals surface area contributed by atoms with E-state index < -0.39 is 0 Å². The number of likely N-dealkylation sites (tertiary alicyclic amines) is 1. The van der Waals surface area contributed by atoms with Crippen LogP contribution >= 0.6 is 11.3 Å². The summed E-state index contributed by atoms with van der Waals surface area (Å²) >= 11 is 1.40. The Morgan fingerprint density at radius 1 is 1.38 bits per heavy atom. The zero-order valence-electron chi connectivity index (χ0n) is 15.7. The summed E-state index contributed by atoms with van der Waals surface area (Å²) in [7, 11) is 0. The summed E-state index contributed by atoms with van der Waals surface area (Å²) in [4.78, 5) is 23.9. The molecular formula is C18H27N5O2S. The number of oxazole rings is 1. The van der Waals surface area contributed by atoms with Crippen LogP contribution in [0, 0.1) is 19.8 Å². The van der Waals surface area contributed by atoms with E-state index in [4.69, 9.17) is 4.42 Å². The minimum absolute atomic E-state index is 0.0279. The van der Waals surface area contributed by atoms with Crippen molar-refractivity contribution in [3.8, 4) is 0 Å². The van der Waals surface area contributed by atoms with Crippen LogP contribution in [-0.4, -0.2) is 47.0 Å². The van der Waals surface area contributed by atoms with E-state index in [2.05, 4.69) is 25.5 Å². The first kappa shape index (κ1) is 18.8. The maximum atomic E-state index is 12.2. The van der Waals surface area contributed by atoms with Gasteiger partial charge in [0.2, 0.25) is 5.89 Å². The summed E-state index contributed by atoms with van der Waals surface area (Å²) in [5.74, 6) is 2.19. The number of nitrogens with zero attached hydrogens (tertiary/aromatic N) is 3. The number of hydrogen-bond donors (Lipinski definition) is 2. The molecule has 0 spiro atoms. The van der Waals surface area contributed by atoms with E-state index >= 15 is 0 Å². The van der Waals surface area contributed by atoms with Gasteiger partial charge in [-0.2, -0.15) is 0 Å². The van der Waals surface area contributed by atoms with Crippen LogP contribution in [0.25, 0.3) is 0 Å². The van der Waals surface area contributed by atoms with Gasteiger partial charge in [0, 0.05) is 13.1 Å². The molecule has 0 atom stereocenters. The lowest BCUT2D eigenvalue weighted by Crippen LogP contribution is -2.38. The van der Waals surface area contributed by atoms with Crippen molar-refractivity contribution in [2.24, 2.45) is 5.92 Å². The summed E-state index contributed by atoms with van der Waals surface area (Å²) < 4.78 is 5.67. The third-order valence-electron chi connectivity index (χ3n) is 4.75. The molecule has 1 saturated heterocycles. The molecule has 2 aromatic heterocycles. The Morgan fingerprint density at radius 2 is 2.15 bits per heavy atom. The number of carbonyl (C=O) groups is 1. The molecule has 0 bridgehead atoms. The van der Waals surface area contributed by atoms with Crippen LogP contribution in [0.15, 0.2) is 10.6 Å². The van der Waals surface area contributed by atoms with Crippen LogP contribution in [0.4, 0.5) is 5.13 Å². The van der Waals surface area contributed by atoms with Gasteiger partial charge in [0.05, 0.1) is 18.4 Å². The van der Waals surface area contributed by atoms with Crippen molar-refractivity contribution >= 4 is 22.4 Å². The van der Waals surface area contributed by atoms with Gasteiger partial charge in [-0.15, -0.1) is 0 Å². The minimum Gasteiger partial charge on any atom is -0.444 e. The van der Waals surface area contributed by atoms with Gasteiger partial charge in [-0.3, -0.25) is 9.69 Å². The van der Waals surface area contributed by atoms with Gasteiger partial charge in [-0.1, -0.05) is 11.3 Å². The number of piperidine rings is 1. The Hall–Kier alpha value is -1.93. The number of aryl methyl sites for hydroxylation is 2. The van der Waals surface area contributed by atoms with E-state index in [9.17, 15) is 4.79 Å². The zero-order chi connectivity index (χ0) is 18.5. The largest absolute Gasteiger partial charge is 0.444 e. The number of rotatable bonds is 7. The highest BCUT2D eigenvalue weighted by molar-refractivity contribution is 7.17. The van der Waals surface area contributed by atoms with Gasteiger partial charge in [0.25, 0.3) is 5.91 Å². The van der Waals surface area contributed by atoms with Crippen LogP contribution in [0.1, 0.15) is 46.8 Å². The second kappa shape index (κ2) is 8.64. The van der Waals surface area contributed by atoms with Crippen LogP contribution in [0.3, 0.4) is 0 Å². The Bertz CT molecular complexity index is 714. The molecular weight excluding hydrogens is 350 g/mol. The lowest BCUT2D eigenvalue weighted by atomic mass is 9.97. The Morgan fingerprint density at radius 3 is 2.81 bits per heavy atom. The third-order valence-corrected chi connectivity index (χ3v) is 5.70. The maximum Gasteiger partial charge on any atom is 0.263 e. The number of nitrogens with one attached hydrogen (secondary N) is 2. The van der Waals surface area contributed by atoms with Gasteiger partial charge in [-0.05, 0) is 52.6 Å². The molecule has 0 saturated carbocycles. The second-order valence-electron chi connectivity index (χ2n) is 6.74. The highest BCUT2D eigenvalue weighted by atomic mass is 32.1. The number of hydrogen-bond acceptors (Lipinski definition) is 7. The summed E-state index contributed by atoms with van der Waals surface area (Å²) in [5, 5.41) is 6.98. The molecule has 1 aliphatic heterocycles. The second-order valence-corrected chi connectivity index (χ2v) is 7.77. The fourth-order valence-electron chi connectivity index (χ4n) is 3.08. The predicted octanol–water partition coefficient (Wildman–Crippen LogP) is 2.82. The summed E-state index contributed by atoms with van der Waals surface area (Å²) in [6, 6.07) is 0. The average molecular weight is 378 g/mol. The molecule has 142 valence electrons. The molecule has 0 unspecified atom stereocenters. The van der Waals surface area contributed by atoms with Gasteiger partial charge >= 0.3 is 0 Å². The first-order chi connectivity index (χ1) is 12.5. The van der Waals surface area contributed by atoms with Gasteiger partial charge in [-0.25, -0.2) is 9.97 Å². The molecule has 3 rings (SSSR count). The van der Waals surface area contributed by atoms with Crippen molar-refractivity contribution in [1.82, 2.24) is 20.2 Å². The van der Waals surface area contributed by atoms with Crippen molar-refractivity contribution in [2.75, 3.05) is 31.5 Å². The lowest BCUT2D eigenvalue weighted by Gasteiger charge is -2.31. The molecule has 26 heavy (non-hydrogen) atoms. The molecule has 1 fully saturated rings. The van der Waals surface area contributed by atoms with E-state index in [1.54, 1.807) is 6.20 Å². The van der Waals surface area contributed by atoms with Crippen molar-refractivity contribution in [3.05, 3.63) is 28.4 Å². The Balaban J connectivity index is 1.40. The van der Waals surface area contributed by atoms with Crippen molar-refractivity contribution < 1.29 is 9.21 Å². The molecule has 0 radical (unpaired) electrons.